The minimum Gasteiger partial charge on any atom is -0.388 e. The molecule has 5 heteroatoms. The van der Waals surface area contributed by atoms with Crippen LogP contribution in [0.5, 0.6) is 0 Å². The minimum atomic E-state index is -0.876. The molecule has 0 fully saturated rings. The summed E-state index contributed by atoms with van der Waals surface area (Å²) in [5.74, 6) is 0. The van der Waals surface area contributed by atoms with E-state index in [0.29, 0.717) is 17.9 Å². The van der Waals surface area contributed by atoms with Gasteiger partial charge in [-0.25, -0.2) is 0 Å². The third-order valence-corrected chi connectivity index (χ3v) is 3.35. The van der Waals surface area contributed by atoms with Crippen LogP contribution in [0.1, 0.15) is 31.2 Å². The molecule has 0 saturated heterocycles. The van der Waals surface area contributed by atoms with Gasteiger partial charge in [-0.1, -0.05) is 24.9 Å². The molecule has 1 rings (SSSR count). The quantitative estimate of drug-likeness (QED) is 0.825. The average Bonchev–Trinajstić information content (AvgIpc) is 2.46. The fourth-order valence-corrected chi connectivity index (χ4v) is 2.14. The molecule has 1 atom stereocenters. The van der Waals surface area contributed by atoms with Crippen molar-refractivity contribution in [2.24, 2.45) is 12.8 Å². The van der Waals surface area contributed by atoms with Crippen molar-refractivity contribution in [3.05, 3.63) is 16.4 Å². The average molecular weight is 246 g/mol. The summed E-state index contributed by atoms with van der Waals surface area (Å²) in [6.07, 6.45) is 2.01. The molecule has 0 bridgehead atoms. The molecular weight excluding hydrogens is 226 g/mol. The van der Waals surface area contributed by atoms with E-state index in [2.05, 4.69) is 5.10 Å². The van der Waals surface area contributed by atoms with Gasteiger partial charge in [-0.2, -0.15) is 5.10 Å². The highest BCUT2D eigenvalue weighted by Crippen LogP contribution is 2.25. The van der Waals surface area contributed by atoms with E-state index in [1.54, 1.807) is 4.68 Å². The molecule has 0 spiro atoms. The predicted octanol–water partition coefficient (Wildman–Crippen LogP) is 1.41. The molecule has 0 aliphatic rings. The van der Waals surface area contributed by atoms with Gasteiger partial charge in [0.15, 0.2) is 0 Å². The maximum absolute atomic E-state index is 10.3. The maximum Gasteiger partial charge on any atom is 0.0848 e. The van der Waals surface area contributed by atoms with Crippen molar-refractivity contribution < 1.29 is 5.11 Å². The third kappa shape index (κ3) is 2.75. The summed E-state index contributed by atoms with van der Waals surface area (Å²) >= 11 is 6.14. The fourth-order valence-electron chi connectivity index (χ4n) is 1.91. The number of aliphatic hydroxyl groups is 1. The van der Waals surface area contributed by atoms with Crippen LogP contribution in [0.3, 0.4) is 0 Å². The van der Waals surface area contributed by atoms with Gasteiger partial charge in [0.05, 0.1) is 22.0 Å². The first-order valence-electron chi connectivity index (χ1n) is 5.54. The van der Waals surface area contributed by atoms with E-state index >= 15 is 0 Å². The van der Waals surface area contributed by atoms with Crippen LogP contribution in [-0.2, 0) is 13.5 Å². The Morgan fingerprint density at radius 3 is 2.56 bits per heavy atom. The van der Waals surface area contributed by atoms with E-state index in [0.717, 1.165) is 17.8 Å². The Balaban J connectivity index is 2.93. The van der Waals surface area contributed by atoms with Gasteiger partial charge in [-0.3, -0.25) is 4.68 Å². The summed E-state index contributed by atoms with van der Waals surface area (Å²) in [7, 11) is 1.83. The van der Waals surface area contributed by atoms with E-state index in [-0.39, 0.29) is 6.54 Å². The van der Waals surface area contributed by atoms with E-state index in [9.17, 15) is 5.11 Å². The number of nitrogens with two attached hydrogens (primary N) is 1. The lowest BCUT2D eigenvalue weighted by molar-refractivity contribution is 0.0381. The number of rotatable bonds is 5. The second kappa shape index (κ2) is 5.17. The first kappa shape index (κ1) is 13.5. The standard InChI is InChI=1S/C11H20ClN3O/c1-4-5-11(16,7-13)6-9-10(12)8(2)14-15(9)3/h16H,4-7,13H2,1-3H3. The van der Waals surface area contributed by atoms with Crippen LogP contribution < -0.4 is 5.73 Å². The molecule has 0 aromatic carbocycles. The Morgan fingerprint density at radius 1 is 1.56 bits per heavy atom. The molecule has 16 heavy (non-hydrogen) atoms. The normalized spacial score (nSPS) is 15.1. The molecule has 1 aromatic heterocycles. The highest BCUT2D eigenvalue weighted by Gasteiger charge is 2.27. The van der Waals surface area contributed by atoms with Crippen LogP contribution in [-0.4, -0.2) is 27.0 Å². The second-order valence-corrected chi connectivity index (χ2v) is 4.70. The smallest absolute Gasteiger partial charge is 0.0848 e. The van der Waals surface area contributed by atoms with Gasteiger partial charge in [0.25, 0.3) is 0 Å². The van der Waals surface area contributed by atoms with Crippen molar-refractivity contribution in [2.75, 3.05) is 6.54 Å². The lowest BCUT2D eigenvalue weighted by atomic mass is 9.92. The molecule has 4 nitrogen and oxygen atoms in total. The van der Waals surface area contributed by atoms with Gasteiger partial charge in [0.2, 0.25) is 0 Å². The van der Waals surface area contributed by atoms with Crippen LogP contribution in [0.4, 0.5) is 0 Å². The summed E-state index contributed by atoms with van der Waals surface area (Å²) in [6.45, 7) is 4.12. The Hall–Kier alpha value is -0.580. The third-order valence-electron chi connectivity index (χ3n) is 2.85. The van der Waals surface area contributed by atoms with Crippen molar-refractivity contribution in [2.45, 2.75) is 38.7 Å². The van der Waals surface area contributed by atoms with Crippen molar-refractivity contribution in [1.82, 2.24) is 9.78 Å². The number of hydrogen-bond acceptors (Lipinski definition) is 3. The van der Waals surface area contributed by atoms with E-state index in [1.807, 2.05) is 20.9 Å². The number of halogens is 1. The lowest BCUT2D eigenvalue weighted by Gasteiger charge is -2.26. The van der Waals surface area contributed by atoms with Gasteiger partial charge >= 0.3 is 0 Å². The highest BCUT2D eigenvalue weighted by atomic mass is 35.5. The molecule has 0 amide bonds. The highest BCUT2D eigenvalue weighted by molar-refractivity contribution is 6.31. The topological polar surface area (TPSA) is 64.1 Å². The molecule has 1 unspecified atom stereocenters. The Labute approximate surface area is 101 Å². The number of hydrogen-bond donors (Lipinski definition) is 2. The molecule has 3 N–H and O–H groups in total. The SMILES string of the molecule is CCCC(O)(CN)Cc1c(Cl)c(C)nn1C. The largest absolute Gasteiger partial charge is 0.388 e. The first-order valence-corrected chi connectivity index (χ1v) is 5.91. The van der Waals surface area contributed by atoms with Crippen molar-refractivity contribution in [1.29, 1.82) is 0 Å². The molecule has 0 aliphatic heterocycles. The van der Waals surface area contributed by atoms with Crippen molar-refractivity contribution >= 4 is 11.6 Å². The van der Waals surface area contributed by atoms with Crippen LogP contribution in [0.2, 0.25) is 5.02 Å². The van der Waals surface area contributed by atoms with E-state index < -0.39 is 5.60 Å². The molecule has 1 heterocycles. The molecule has 0 saturated carbocycles. The molecule has 1 aromatic rings. The van der Waals surface area contributed by atoms with Crippen LogP contribution >= 0.6 is 11.6 Å². The van der Waals surface area contributed by atoms with E-state index in [4.69, 9.17) is 17.3 Å². The summed E-state index contributed by atoms with van der Waals surface area (Å²) in [6, 6.07) is 0. The van der Waals surface area contributed by atoms with Gasteiger partial charge in [-0.15, -0.1) is 0 Å². The Morgan fingerprint density at radius 2 is 2.19 bits per heavy atom. The van der Waals surface area contributed by atoms with E-state index in [1.165, 1.54) is 0 Å². The minimum absolute atomic E-state index is 0.237. The van der Waals surface area contributed by atoms with Gasteiger partial charge in [-0.05, 0) is 13.3 Å². The van der Waals surface area contributed by atoms with Crippen LogP contribution in [0, 0.1) is 6.92 Å². The number of aromatic nitrogens is 2. The summed E-state index contributed by atoms with van der Waals surface area (Å²) in [5, 5.41) is 15.2. The molecular formula is C11H20ClN3O. The predicted molar refractivity (Wildman–Crippen MR) is 65.6 cm³/mol. The Kier molecular flexibility index (Phi) is 4.35. The lowest BCUT2D eigenvalue weighted by Crippen LogP contribution is -2.40. The molecule has 0 radical (unpaired) electrons. The zero-order valence-electron chi connectivity index (χ0n) is 10.1. The fraction of sp³-hybridized carbons (Fsp3) is 0.727. The zero-order chi connectivity index (χ0) is 12.3. The van der Waals surface area contributed by atoms with Crippen LogP contribution in [0.15, 0.2) is 0 Å². The van der Waals surface area contributed by atoms with Gasteiger partial charge < -0.3 is 10.8 Å². The molecule has 0 aliphatic carbocycles. The van der Waals surface area contributed by atoms with Gasteiger partial charge in [0.1, 0.15) is 0 Å². The first-order chi connectivity index (χ1) is 7.43. The molecule has 92 valence electrons. The monoisotopic (exact) mass is 245 g/mol. The Bertz CT molecular complexity index is 364. The van der Waals surface area contributed by atoms with Crippen LogP contribution in [0.25, 0.3) is 0 Å². The van der Waals surface area contributed by atoms with Crippen molar-refractivity contribution in [3.8, 4) is 0 Å². The summed E-state index contributed by atoms with van der Waals surface area (Å²) in [5.41, 5.74) is 6.38. The van der Waals surface area contributed by atoms with Gasteiger partial charge in [0, 0.05) is 20.0 Å². The summed E-state index contributed by atoms with van der Waals surface area (Å²) < 4.78 is 1.72. The maximum atomic E-state index is 10.3. The van der Waals surface area contributed by atoms with Crippen molar-refractivity contribution in [3.63, 3.8) is 0 Å². The summed E-state index contributed by atoms with van der Waals surface area (Å²) in [4.78, 5) is 0. The second-order valence-electron chi connectivity index (χ2n) is 4.32. The number of aryl methyl sites for hydroxylation is 2. The number of nitrogens with zero attached hydrogens (tertiary/aromatic N) is 2. The zero-order valence-corrected chi connectivity index (χ0v) is 10.9.